The van der Waals surface area contributed by atoms with Crippen LogP contribution in [0, 0.1) is 0 Å². The molecule has 14 nitrogen and oxygen atoms in total. The zero-order valence-corrected chi connectivity index (χ0v) is 29.0. The van der Waals surface area contributed by atoms with Crippen molar-refractivity contribution < 1.29 is 57.2 Å². The molecule has 0 saturated carbocycles. The average molecular weight is 701 g/mol. The first-order chi connectivity index (χ1) is 24.7. The van der Waals surface area contributed by atoms with Gasteiger partial charge in [0.1, 0.15) is 23.1 Å². The molecule has 6 rings (SSSR count). The van der Waals surface area contributed by atoms with Crippen LogP contribution in [0.5, 0.6) is 40.2 Å². The van der Waals surface area contributed by atoms with E-state index < -0.39 is 11.8 Å². The summed E-state index contributed by atoms with van der Waals surface area (Å²) >= 11 is 0. The van der Waals surface area contributed by atoms with Crippen LogP contribution < -0.4 is 33.2 Å². The van der Waals surface area contributed by atoms with Crippen LogP contribution in [0.2, 0.25) is 0 Å². The van der Waals surface area contributed by atoms with Gasteiger partial charge in [0, 0.05) is 23.1 Å². The van der Waals surface area contributed by atoms with E-state index in [1.165, 1.54) is 42.7 Å². The van der Waals surface area contributed by atoms with Gasteiger partial charge in [0.15, 0.2) is 23.0 Å². The summed E-state index contributed by atoms with van der Waals surface area (Å²) in [6.45, 7) is 0. The number of ether oxygens (including phenoxy) is 8. The molecule has 0 fully saturated rings. The van der Waals surface area contributed by atoms with Crippen molar-refractivity contribution in [3.05, 3.63) is 94.6 Å². The lowest BCUT2D eigenvalue weighted by Crippen LogP contribution is -2.29. The number of benzene rings is 4. The van der Waals surface area contributed by atoms with Gasteiger partial charge in [0.05, 0.1) is 55.3 Å². The maximum atomic E-state index is 13.3. The van der Waals surface area contributed by atoms with Crippen LogP contribution in [0.3, 0.4) is 0 Å². The van der Waals surface area contributed by atoms with E-state index in [0.29, 0.717) is 79.1 Å². The van der Waals surface area contributed by atoms with Crippen molar-refractivity contribution in [2.45, 2.75) is 12.2 Å². The van der Waals surface area contributed by atoms with Crippen molar-refractivity contribution >= 4 is 28.9 Å². The fourth-order valence-corrected chi connectivity index (χ4v) is 5.64. The standard InChI is InChI=1S/C27H24N2O8.C10H12O4/c1-32-18-8-6-17(7-9-18)27(31)19(11-15-12-22(33-2)25(35-4)23(13-15)34-3)24(26(30)36-27)16-5-10-20-21(14-16)29-37-28-20;1-12-8-4-7(6-11)5-9(13-2)10(8)14-3/h5-10,12-14,31H,11H2,1-4H3;4-6H,1-3H3. The Kier molecular flexibility index (Phi) is 11.0. The van der Waals surface area contributed by atoms with Gasteiger partial charge in [-0.25, -0.2) is 9.42 Å². The van der Waals surface area contributed by atoms with E-state index in [9.17, 15) is 14.7 Å². The van der Waals surface area contributed by atoms with Gasteiger partial charge in [-0.2, -0.15) is 0 Å². The highest BCUT2D eigenvalue weighted by molar-refractivity contribution is 6.20. The Balaban J connectivity index is 0.000000303. The SMILES string of the molecule is COc1cc(C=O)cc(OC)c1OC.COc1ccc(C2(O)OC(=O)C(c3ccc4nonc4c3)=C2Cc2cc(OC)c(OC)c(OC)c2)cc1. The van der Waals surface area contributed by atoms with Crippen LogP contribution >= 0.6 is 0 Å². The summed E-state index contributed by atoms with van der Waals surface area (Å²) in [5, 5.41) is 19.6. The molecule has 1 atom stereocenters. The van der Waals surface area contributed by atoms with Gasteiger partial charge in [0.2, 0.25) is 11.5 Å². The number of aromatic nitrogens is 2. The van der Waals surface area contributed by atoms with Crippen molar-refractivity contribution in [3.8, 4) is 40.2 Å². The largest absolute Gasteiger partial charge is 0.497 e. The highest BCUT2D eigenvalue weighted by Crippen LogP contribution is 2.47. The van der Waals surface area contributed by atoms with E-state index in [1.807, 2.05) is 0 Å². The van der Waals surface area contributed by atoms with Crippen LogP contribution in [0.1, 0.15) is 27.0 Å². The Labute approximate surface area is 293 Å². The summed E-state index contributed by atoms with van der Waals surface area (Å²) in [5.74, 6) is 0.614. The topological polar surface area (TPSA) is 167 Å². The second-order valence-electron chi connectivity index (χ2n) is 10.9. The van der Waals surface area contributed by atoms with Crippen molar-refractivity contribution in [1.82, 2.24) is 10.3 Å². The molecule has 1 unspecified atom stereocenters. The normalized spacial score (nSPS) is 15.0. The minimum absolute atomic E-state index is 0.120. The summed E-state index contributed by atoms with van der Waals surface area (Å²) in [5.41, 5.74) is 3.57. The lowest BCUT2D eigenvalue weighted by molar-refractivity contribution is -0.185. The Morgan fingerprint density at radius 1 is 0.686 bits per heavy atom. The molecular formula is C37H36N2O12. The van der Waals surface area contributed by atoms with E-state index >= 15 is 0 Å². The second kappa shape index (κ2) is 15.5. The van der Waals surface area contributed by atoms with E-state index in [4.69, 9.17) is 42.5 Å². The number of rotatable bonds is 12. The monoisotopic (exact) mass is 700 g/mol. The minimum Gasteiger partial charge on any atom is -0.497 e. The second-order valence-corrected chi connectivity index (χ2v) is 10.9. The first kappa shape index (κ1) is 36.0. The summed E-state index contributed by atoms with van der Waals surface area (Å²) in [6, 6.07) is 18.4. The summed E-state index contributed by atoms with van der Waals surface area (Å²) in [7, 11) is 10.6. The molecule has 0 bridgehead atoms. The molecule has 266 valence electrons. The lowest BCUT2D eigenvalue weighted by atomic mass is 9.88. The van der Waals surface area contributed by atoms with Crippen LogP contribution in [0.25, 0.3) is 16.6 Å². The fourth-order valence-electron chi connectivity index (χ4n) is 5.64. The van der Waals surface area contributed by atoms with Gasteiger partial charge in [-0.1, -0.05) is 6.07 Å². The molecule has 51 heavy (non-hydrogen) atoms. The number of methoxy groups -OCH3 is 7. The molecular weight excluding hydrogens is 664 g/mol. The molecule has 1 aliphatic rings. The van der Waals surface area contributed by atoms with Crippen LogP contribution in [-0.2, 0) is 21.7 Å². The first-order valence-corrected chi connectivity index (χ1v) is 15.3. The van der Waals surface area contributed by atoms with Gasteiger partial charge in [-0.3, -0.25) is 4.79 Å². The predicted molar refractivity (Wildman–Crippen MR) is 183 cm³/mol. The van der Waals surface area contributed by atoms with Crippen LogP contribution in [-0.4, -0.2) is 77.4 Å². The molecule has 0 saturated heterocycles. The van der Waals surface area contributed by atoms with Crippen LogP contribution in [0.15, 0.2) is 76.9 Å². The highest BCUT2D eigenvalue weighted by atomic mass is 16.7. The first-order valence-electron chi connectivity index (χ1n) is 15.3. The molecule has 1 N–H and O–H groups in total. The van der Waals surface area contributed by atoms with Crippen LogP contribution in [0.4, 0.5) is 0 Å². The van der Waals surface area contributed by atoms with Gasteiger partial charge < -0.3 is 43.0 Å². The predicted octanol–water partition coefficient (Wildman–Crippen LogP) is 5.18. The molecule has 4 aromatic carbocycles. The number of carbonyl (C=O) groups is 2. The number of cyclic esters (lactones) is 1. The van der Waals surface area contributed by atoms with E-state index in [0.717, 1.165) is 6.29 Å². The summed E-state index contributed by atoms with van der Waals surface area (Å²) < 4.78 is 47.3. The van der Waals surface area contributed by atoms with Gasteiger partial charge in [-0.05, 0) is 82.1 Å². The number of nitrogens with zero attached hydrogens (tertiary/aromatic N) is 2. The maximum absolute atomic E-state index is 13.3. The van der Waals surface area contributed by atoms with E-state index in [2.05, 4.69) is 10.3 Å². The molecule has 2 heterocycles. The molecule has 1 aromatic heterocycles. The number of esters is 1. The molecule has 5 aromatic rings. The van der Waals surface area contributed by atoms with Crippen molar-refractivity contribution in [2.24, 2.45) is 0 Å². The number of hydrogen-bond acceptors (Lipinski definition) is 14. The number of carbonyl (C=O) groups excluding carboxylic acids is 2. The molecule has 0 spiro atoms. The minimum atomic E-state index is -2.05. The van der Waals surface area contributed by atoms with Crippen molar-refractivity contribution in [2.75, 3.05) is 49.8 Å². The summed E-state index contributed by atoms with van der Waals surface area (Å²) in [4.78, 5) is 23.9. The highest BCUT2D eigenvalue weighted by Gasteiger charge is 2.48. The Morgan fingerprint density at radius 2 is 1.24 bits per heavy atom. The lowest BCUT2D eigenvalue weighted by Gasteiger charge is -2.26. The van der Waals surface area contributed by atoms with E-state index in [-0.39, 0.29) is 12.0 Å². The molecule has 1 aliphatic heterocycles. The third kappa shape index (κ3) is 7.07. The Bertz CT molecular complexity index is 2020. The van der Waals surface area contributed by atoms with Gasteiger partial charge in [0.25, 0.3) is 5.79 Å². The quantitative estimate of drug-likeness (QED) is 0.134. The molecule has 0 aliphatic carbocycles. The Hall–Kier alpha value is -6.28. The Morgan fingerprint density at radius 3 is 1.75 bits per heavy atom. The zero-order chi connectivity index (χ0) is 36.7. The third-order valence-corrected chi connectivity index (χ3v) is 8.11. The number of hydrogen-bond donors (Lipinski definition) is 1. The smallest absolute Gasteiger partial charge is 0.342 e. The number of aldehydes is 1. The van der Waals surface area contributed by atoms with Gasteiger partial charge >= 0.3 is 5.97 Å². The summed E-state index contributed by atoms with van der Waals surface area (Å²) in [6.07, 6.45) is 0.847. The maximum Gasteiger partial charge on any atom is 0.342 e. The van der Waals surface area contributed by atoms with Crippen molar-refractivity contribution in [1.29, 1.82) is 0 Å². The van der Waals surface area contributed by atoms with Crippen molar-refractivity contribution in [3.63, 3.8) is 0 Å². The molecule has 0 amide bonds. The molecule has 0 radical (unpaired) electrons. The number of aliphatic hydroxyl groups is 1. The third-order valence-electron chi connectivity index (χ3n) is 8.11. The fraction of sp³-hybridized carbons (Fsp3) is 0.243. The molecule has 14 heteroatoms. The van der Waals surface area contributed by atoms with Gasteiger partial charge in [-0.15, -0.1) is 0 Å². The zero-order valence-electron chi connectivity index (χ0n) is 29.0. The number of fused-ring (bicyclic) bond motifs is 1. The van der Waals surface area contributed by atoms with E-state index in [1.54, 1.807) is 73.8 Å². The average Bonchev–Trinajstić information content (AvgIpc) is 3.74.